The van der Waals surface area contributed by atoms with E-state index in [1.165, 1.54) is 10.9 Å². The third kappa shape index (κ3) is 3.41. The highest BCUT2D eigenvalue weighted by atomic mass is 16.3. The Bertz CT molecular complexity index is 595. The molecule has 0 saturated carbocycles. The normalized spacial score (nSPS) is 11.1. The molecule has 0 saturated heterocycles. The molecule has 1 heterocycles. The van der Waals surface area contributed by atoms with Crippen molar-refractivity contribution < 1.29 is 4.42 Å². The van der Waals surface area contributed by atoms with Crippen LogP contribution in [0.1, 0.15) is 24.7 Å². The molecule has 3 heteroatoms. The Hall–Kier alpha value is -1.76. The van der Waals surface area contributed by atoms with Crippen molar-refractivity contribution in [2.75, 3.05) is 20.1 Å². The number of furan rings is 1. The Morgan fingerprint density at radius 3 is 2.90 bits per heavy atom. The molecule has 3 nitrogen and oxygen atoms in total. The molecule has 0 spiro atoms. The predicted molar refractivity (Wildman–Crippen MR) is 83.4 cm³/mol. The van der Waals surface area contributed by atoms with Gasteiger partial charge in [0.2, 0.25) is 0 Å². The number of hydrogen-bond donors (Lipinski definition) is 1. The van der Waals surface area contributed by atoms with Crippen LogP contribution in [0, 0.1) is 12.3 Å². The SMILES string of the molecule is C#CCN(C)Cc1oc2ccccc2c1CNCCC. The Morgan fingerprint density at radius 2 is 2.15 bits per heavy atom. The van der Waals surface area contributed by atoms with Crippen LogP contribution in [0.25, 0.3) is 11.0 Å². The summed E-state index contributed by atoms with van der Waals surface area (Å²) in [5, 5.41) is 4.65. The smallest absolute Gasteiger partial charge is 0.134 e. The van der Waals surface area contributed by atoms with Gasteiger partial charge in [-0.3, -0.25) is 4.90 Å². The van der Waals surface area contributed by atoms with Crippen LogP contribution in [-0.2, 0) is 13.1 Å². The highest BCUT2D eigenvalue weighted by Crippen LogP contribution is 2.26. The van der Waals surface area contributed by atoms with E-state index in [1.807, 2.05) is 19.2 Å². The summed E-state index contributed by atoms with van der Waals surface area (Å²) < 4.78 is 6.00. The van der Waals surface area contributed by atoms with Gasteiger partial charge in [-0.2, -0.15) is 0 Å². The molecule has 2 aromatic rings. The van der Waals surface area contributed by atoms with Crippen LogP contribution in [0.15, 0.2) is 28.7 Å². The number of hydrogen-bond acceptors (Lipinski definition) is 3. The monoisotopic (exact) mass is 270 g/mol. The van der Waals surface area contributed by atoms with Crippen molar-refractivity contribution in [1.29, 1.82) is 0 Å². The second-order valence-corrected chi connectivity index (χ2v) is 5.05. The van der Waals surface area contributed by atoms with Crippen molar-refractivity contribution in [3.05, 3.63) is 35.6 Å². The molecule has 0 radical (unpaired) electrons. The minimum absolute atomic E-state index is 0.624. The van der Waals surface area contributed by atoms with Gasteiger partial charge < -0.3 is 9.73 Å². The van der Waals surface area contributed by atoms with Gasteiger partial charge in [0.1, 0.15) is 11.3 Å². The number of terminal acetylenes is 1. The minimum atomic E-state index is 0.624. The van der Waals surface area contributed by atoms with E-state index in [0.717, 1.165) is 37.4 Å². The van der Waals surface area contributed by atoms with E-state index in [9.17, 15) is 0 Å². The topological polar surface area (TPSA) is 28.4 Å². The molecule has 106 valence electrons. The van der Waals surface area contributed by atoms with Crippen LogP contribution in [0.4, 0.5) is 0 Å². The van der Waals surface area contributed by atoms with Gasteiger partial charge in [-0.15, -0.1) is 6.42 Å². The summed E-state index contributed by atoms with van der Waals surface area (Å²) in [6.45, 7) is 5.38. The maximum atomic E-state index is 6.00. The lowest BCUT2D eigenvalue weighted by molar-refractivity contribution is 0.330. The average molecular weight is 270 g/mol. The standard InChI is InChI=1S/C17H22N2O/c1-4-10-18-12-15-14-8-6-7-9-16(14)20-17(15)13-19(3)11-5-2/h2,6-9,18H,4,10-13H2,1,3H3. The van der Waals surface area contributed by atoms with Gasteiger partial charge in [-0.05, 0) is 26.1 Å². The van der Waals surface area contributed by atoms with Crippen LogP contribution in [0.3, 0.4) is 0 Å². The quantitative estimate of drug-likeness (QED) is 0.619. The van der Waals surface area contributed by atoms with Gasteiger partial charge >= 0.3 is 0 Å². The molecule has 0 atom stereocenters. The largest absolute Gasteiger partial charge is 0.459 e. The van der Waals surface area contributed by atoms with Crippen LogP contribution in [0.5, 0.6) is 0 Å². The first-order valence-corrected chi connectivity index (χ1v) is 7.08. The van der Waals surface area contributed by atoms with Crippen molar-refractivity contribution in [2.45, 2.75) is 26.4 Å². The Morgan fingerprint density at radius 1 is 1.35 bits per heavy atom. The van der Waals surface area contributed by atoms with E-state index in [1.54, 1.807) is 0 Å². The zero-order chi connectivity index (χ0) is 14.4. The third-order valence-corrected chi connectivity index (χ3v) is 3.29. The molecule has 0 aliphatic heterocycles. The number of nitrogens with zero attached hydrogens (tertiary/aromatic N) is 1. The number of benzene rings is 1. The molecular formula is C17H22N2O. The molecule has 20 heavy (non-hydrogen) atoms. The summed E-state index contributed by atoms with van der Waals surface area (Å²) in [6.07, 6.45) is 6.49. The molecule has 1 aromatic carbocycles. The van der Waals surface area contributed by atoms with E-state index >= 15 is 0 Å². The zero-order valence-electron chi connectivity index (χ0n) is 12.3. The van der Waals surface area contributed by atoms with E-state index in [-0.39, 0.29) is 0 Å². The molecule has 0 aliphatic rings. The summed E-state index contributed by atoms with van der Waals surface area (Å²) in [4.78, 5) is 2.08. The molecule has 1 N–H and O–H groups in total. The molecule has 0 unspecified atom stereocenters. The van der Waals surface area contributed by atoms with E-state index in [0.29, 0.717) is 6.54 Å². The minimum Gasteiger partial charge on any atom is -0.459 e. The highest BCUT2D eigenvalue weighted by molar-refractivity contribution is 5.82. The van der Waals surface area contributed by atoms with Crippen molar-refractivity contribution >= 4 is 11.0 Å². The van der Waals surface area contributed by atoms with Crippen LogP contribution in [-0.4, -0.2) is 25.0 Å². The fraction of sp³-hybridized carbons (Fsp3) is 0.412. The lowest BCUT2D eigenvalue weighted by Crippen LogP contribution is -2.20. The highest BCUT2D eigenvalue weighted by Gasteiger charge is 2.14. The van der Waals surface area contributed by atoms with Crippen LogP contribution < -0.4 is 5.32 Å². The number of fused-ring (bicyclic) bond motifs is 1. The molecule has 0 amide bonds. The maximum Gasteiger partial charge on any atom is 0.134 e. The van der Waals surface area contributed by atoms with Gasteiger partial charge in [0.05, 0.1) is 13.1 Å². The first kappa shape index (κ1) is 14.6. The van der Waals surface area contributed by atoms with Gasteiger partial charge in [0.15, 0.2) is 0 Å². The molecule has 0 aliphatic carbocycles. The number of rotatable bonds is 7. The summed E-state index contributed by atoms with van der Waals surface area (Å²) in [5.41, 5.74) is 2.20. The van der Waals surface area contributed by atoms with Crippen molar-refractivity contribution in [1.82, 2.24) is 10.2 Å². The van der Waals surface area contributed by atoms with Gasteiger partial charge in [-0.1, -0.05) is 31.0 Å². The Kier molecular flexibility index (Phi) is 5.23. The van der Waals surface area contributed by atoms with Crippen LogP contribution >= 0.6 is 0 Å². The summed E-state index contributed by atoms with van der Waals surface area (Å²) in [7, 11) is 2.01. The first-order valence-electron chi connectivity index (χ1n) is 7.08. The predicted octanol–water partition coefficient (Wildman–Crippen LogP) is 3.00. The fourth-order valence-electron chi connectivity index (χ4n) is 2.32. The summed E-state index contributed by atoms with van der Waals surface area (Å²) in [6, 6.07) is 8.19. The van der Waals surface area contributed by atoms with E-state index < -0.39 is 0 Å². The number of para-hydroxylation sites is 1. The fourth-order valence-corrected chi connectivity index (χ4v) is 2.32. The first-order chi connectivity index (χ1) is 9.76. The van der Waals surface area contributed by atoms with Crippen molar-refractivity contribution in [2.24, 2.45) is 0 Å². The second-order valence-electron chi connectivity index (χ2n) is 5.05. The summed E-state index contributed by atoms with van der Waals surface area (Å²) in [5.74, 6) is 3.67. The molecule has 0 bridgehead atoms. The third-order valence-electron chi connectivity index (χ3n) is 3.29. The lowest BCUT2D eigenvalue weighted by atomic mass is 10.1. The van der Waals surface area contributed by atoms with Gasteiger partial charge in [0, 0.05) is 17.5 Å². The summed E-state index contributed by atoms with van der Waals surface area (Å²) >= 11 is 0. The second kappa shape index (κ2) is 7.14. The van der Waals surface area contributed by atoms with Crippen molar-refractivity contribution in [3.63, 3.8) is 0 Å². The van der Waals surface area contributed by atoms with Crippen LogP contribution in [0.2, 0.25) is 0 Å². The zero-order valence-corrected chi connectivity index (χ0v) is 12.3. The number of nitrogens with one attached hydrogen (secondary N) is 1. The Labute approximate surface area is 121 Å². The van der Waals surface area contributed by atoms with E-state index in [4.69, 9.17) is 10.8 Å². The van der Waals surface area contributed by atoms with Gasteiger partial charge in [0.25, 0.3) is 0 Å². The van der Waals surface area contributed by atoms with E-state index in [2.05, 4.69) is 35.2 Å². The average Bonchev–Trinajstić information content (AvgIpc) is 2.77. The maximum absolute atomic E-state index is 6.00. The molecule has 2 rings (SSSR count). The van der Waals surface area contributed by atoms with Crippen molar-refractivity contribution in [3.8, 4) is 12.3 Å². The molecular weight excluding hydrogens is 248 g/mol. The lowest BCUT2D eigenvalue weighted by Gasteiger charge is -2.12. The molecule has 0 fully saturated rings. The Balaban J connectivity index is 2.26. The van der Waals surface area contributed by atoms with Gasteiger partial charge in [-0.25, -0.2) is 0 Å². The molecule has 1 aromatic heterocycles.